The minimum absolute atomic E-state index is 0.0629. The van der Waals surface area contributed by atoms with Crippen molar-refractivity contribution < 1.29 is 44.8 Å². The van der Waals surface area contributed by atoms with Crippen LogP contribution in [0.25, 0.3) is 0 Å². The van der Waals surface area contributed by atoms with Gasteiger partial charge in [-0.25, -0.2) is 9.59 Å². The number of alkyl carbamates (subject to hydrolysis) is 1. The predicted molar refractivity (Wildman–Crippen MR) is 95.5 cm³/mol. The van der Waals surface area contributed by atoms with E-state index in [1.165, 1.54) is 12.1 Å². The molecule has 1 amide bonds. The Morgan fingerprint density at radius 2 is 1.66 bits per heavy atom. The molecule has 0 saturated carbocycles. The molecule has 1 atom stereocenters. The zero-order valence-corrected chi connectivity index (χ0v) is 17.0. The Balaban J connectivity index is 2.91. The van der Waals surface area contributed by atoms with E-state index in [1.807, 2.05) is 0 Å². The lowest BCUT2D eigenvalue weighted by Gasteiger charge is -2.23. The number of hydrogen-bond acceptors (Lipinski definition) is 7. The first-order valence-corrected chi connectivity index (χ1v) is 9.81. The van der Waals surface area contributed by atoms with Crippen LogP contribution in [-0.2, 0) is 30.8 Å². The zero-order valence-electron chi connectivity index (χ0n) is 16.2. The van der Waals surface area contributed by atoms with Crippen molar-refractivity contribution in [3.8, 4) is 5.75 Å². The summed E-state index contributed by atoms with van der Waals surface area (Å²) >= 11 is 0. The molecule has 0 heterocycles. The maximum Gasteiger partial charge on any atom is 0.534 e. The second-order valence-corrected chi connectivity index (χ2v) is 8.32. The van der Waals surface area contributed by atoms with Gasteiger partial charge in [-0.1, -0.05) is 12.1 Å². The molecular weight excluding hydrogens is 419 g/mol. The number of halogens is 3. The first kappa shape index (κ1) is 24.5. The lowest BCUT2D eigenvalue weighted by Crippen LogP contribution is -2.45. The Morgan fingerprint density at radius 1 is 1.10 bits per heavy atom. The number of carbonyl (C=O) groups excluding carboxylic acids is 2. The van der Waals surface area contributed by atoms with Gasteiger partial charge in [0.1, 0.15) is 17.4 Å². The molecule has 0 aliphatic heterocycles. The Kier molecular flexibility index (Phi) is 7.90. The molecule has 29 heavy (non-hydrogen) atoms. The molecule has 8 nitrogen and oxygen atoms in total. The van der Waals surface area contributed by atoms with Crippen LogP contribution in [0.15, 0.2) is 24.3 Å². The van der Waals surface area contributed by atoms with E-state index in [-0.39, 0.29) is 13.0 Å². The van der Waals surface area contributed by atoms with E-state index in [4.69, 9.17) is 9.47 Å². The predicted octanol–water partition coefficient (Wildman–Crippen LogP) is 2.91. The van der Waals surface area contributed by atoms with Crippen LogP contribution in [0.3, 0.4) is 0 Å². The van der Waals surface area contributed by atoms with Crippen LogP contribution in [0.2, 0.25) is 0 Å². The highest BCUT2D eigenvalue weighted by atomic mass is 32.2. The first-order chi connectivity index (χ1) is 13.1. The highest BCUT2D eigenvalue weighted by Gasteiger charge is 2.48. The lowest BCUT2D eigenvalue weighted by molar-refractivity contribution is -0.145. The summed E-state index contributed by atoms with van der Waals surface area (Å²) in [6, 6.07) is 3.37. The summed E-state index contributed by atoms with van der Waals surface area (Å²) in [5.74, 6) is -1.29. The van der Waals surface area contributed by atoms with Crippen molar-refractivity contribution in [2.75, 3.05) is 6.61 Å². The van der Waals surface area contributed by atoms with Crippen molar-refractivity contribution in [3.05, 3.63) is 29.8 Å². The van der Waals surface area contributed by atoms with Gasteiger partial charge in [0, 0.05) is 6.42 Å². The van der Waals surface area contributed by atoms with Gasteiger partial charge in [0.05, 0.1) is 6.61 Å². The van der Waals surface area contributed by atoms with E-state index in [1.54, 1.807) is 27.7 Å². The Hall–Kier alpha value is -2.50. The Morgan fingerprint density at radius 3 is 2.10 bits per heavy atom. The molecule has 0 aromatic heterocycles. The minimum atomic E-state index is -5.79. The van der Waals surface area contributed by atoms with Crippen LogP contribution in [0, 0.1) is 0 Å². The number of esters is 1. The molecule has 1 rings (SSSR count). The standard InChI is InChI=1S/C17H22F3NO7S/c1-5-26-14(22)13(21-15(23)27-16(2,3)4)10-11-6-8-12(9-7-11)28-29(24,25)17(18,19)20/h6-9,13H,5,10H2,1-4H3,(H,21,23)/t13-/m0/s1. The molecule has 164 valence electrons. The summed E-state index contributed by atoms with van der Waals surface area (Å²) in [4.78, 5) is 24.0. The van der Waals surface area contributed by atoms with E-state index >= 15 is 0 Å². The van der Waals surface area contributed by atoms with Gasteiger partial charge in [-0.2, -0.15) is 21.6 Å². The quantitative estimate of drug-likeness (QED) is 0.394. The number of hydrogen-bond donors (Lipinski definition) is 1. The number of benzene rings is 1. The van der Waals surface area contributed by atoms with Crippen molar-refractivity contribution in [2.45, 2.75) is 51.3 Å². The molecule has 0 saturated heterocycles. The summed E-state index contributed by atoms with van der Waals surface area (Å²) < 4.78 is 73.1. The molecular formula is C17H22F3NO7S. The number of rotatable bonds is 7. The highest BCUT2D eigenvalue weighted by Crippen LogP contribution is 2.27. The molecule has 0 aliphatic carbocycles. The molecule has 0 aliphatic rings. The second kappa shape index (κ2) is 9.33. The maximum absolute atomic E-state index is 12.4. The van der Waals surface area contributed by atoms with Crippen LogP contribution in [0.4, 0.5) is 18.0 Å². The largest absolute Gasteiger partial charge is 0.534 e. The fourth-order valence-corrected chi connectivity index (χ4v) is 2.44. The number of ether oxygens (including phenoxy) is 2. The van der Waals surface area contributed by atoms with Crippen molar-refractivity contribution >= 4 is 22.2 Å². The van der Waals surface area contributed by atoms with Crippen molar-refractivity contribution in [1.82, 2.24) is 5.32 Å². The van der Waals surface area contributed by atoms with Crippen LogP contribution in [-0.4, -0.2) is 44.2 Å². The van der Waals surface area contributed by atoms with Gasteiger partial charge in [-0.15, -0.1) is 0 Å². The van der Waals surface area contributed by atoms with Crippen molar-refractivity contribution in [3.63, 3.8) is 0 Å². The molecule has 0 radical (unpaired) electrons. The third-order valence-electron chi connectivity index (χ3n) is 3.11. The van der Waals surface area contributed by atoms with E-state index in [9.17, 15) is 31.2 Å². The molecule has 0 unspecified atom stereocenters. The second-order valence-electron chi connectivity index (χ2n) is 6.78. The van der Waals surface area contributed by atoms with Gasteiger partial charge >= 0.3 is 27.7 Å². The number of carbonyl (C=O) groups is 2. The monoisotopic (exact) mass is 441 g/mol. The van der Waals surface area contributed by atoms with Gasteiger partial charge in [0.15, 0.2) is 0 Å². The number of alkyl halides is 3. The maximum atomic E-state index is 12.4. The number of nitrogens with one attached hydrogen (secondary N) is 1. The van der Waals surface area contributed by atoms with Crippen LogP contribution < -0.4 is 9.50 Å². The molecule has 1 aromatic carbocycles. The minimum Gasteiger partial charge on any atom is -0.464 e. The van der Waals surface area contributed by atoms with Gasteiger partial charge in [0.2, 0.25) is 0 Å². The topological polar surface area (TPSA) is 108 Å². The SMILES string of the molecule is CCOC(=O)[C@H](Cc1ccc(OS(=O)(=O)C(F)(F)F)cc1)NC(=O)OC(C)(C)C. The van der Waals surface area contributed by atoms with E-state index in [2.05, 4.69) is 9.50 Å². The Labute approximate surface area is 166 Å². The van der Waals surface area contributed by atoms with E-state index in [0.29, 0.717) is 5.56 Å². The molecule has 12 heteroatoms. The number of amides is 1. The average Bonchev–Trinajstić information content (AvgIpc) is 2.53. The zero-order chi connectivity index (χ0) is 22.5. The van der Waals surface area contributed by atoms with Crippen molar-refractivity contribution in [2.24, 2.45) is 0 Å². The smallest absolute Gasteiger partial charge is 0.464 e. The molecule has 1 aromatic rings. The Bertz CT molecular complexity index is 815. The third-order valence-corrected chi connectivity index (χ3v) is 4.09. The highest BCUT2D eigenvalue weighted by molar-refractivity contribution is 7.88. The summed E-state index contributed by atoms with van der Waals surface area (Å²) in [7, 11) is -5.79. The van der Waals surface area contributed by atoms with E-state index < -0.39 is 45.1 Å². The average molecular weight is 441 g/mol. The van der Waals surface area contributed by atoms with Crippen LogP contribution in [0.1, 0.15) is 33.3 Å². The molecule has 0 fully saturated rings. The molecule has 0 bridgehead atoms. The normalized spacial score (nSPS) is 13.3. The summed E-state index contributed by atoms with van der Waals surface area (Å²) in [6.07, 6.45) is -0.934. The fourth-order valence-electron chi connectivity index (χ4n) is 1.98. The van der Waals surface area contributed by atoms with Crippen molar-refractivity contribution in [1.29, 1.82) is 0 Å². The van der Waals surface area contributed by atoms with Gasteiger partial charge < -0.3 is 19.0 Å². The molecule has 1 N–H and O–H groups in total. The van der Waals surface area contributed by atoms with Crippen LogP contribution >= 0.6 is 0 Å². The lowest BCUT2D eigenvalue weighted by atomic mass is 10.1. The fraction of sp³-hybridized carbons (Fsp3) is 0.529. The van der Waals surface area contributed by atoms with Gasteiger partial charge in [-0.05, 0) is 45.4 Å². The summed E-state index contributed by atoms with van der Waals surface area (Å²) in [5, 5.41) is 2.37. The summed E-state index contributed by atoms with van der Waals surface area (Å²) in [5.41, 5.74) is -5.96. The first-order valence-electron chi connectivity index (χ1n) is 8.40. The third kappa shape index (κ3) is 8.18. The van der Waals surface area contributed by atoms with Crippen LogP contribution in [0.5, 0.6) is 5.75 Å². The van der Waals surface area contributed by atoms with Gasteiger partial charge in [-0.3, -0.25) is 0 Å². The summed E-state index contributed by atoms with van der Waals surface area (Å²) in [6.45, 7) is 6.56. The van der Waals surface area contributed by atoms with E-state index in [0.717, 1.165) is 12.1 Å². The van der Waals surface area contributed by atoms with Gasteiger partial charge in [0.25, 0.3) is 0 Å². The molecule has 0 spiro atoms.